The molecule has 1 aromatic rings. The van der Waals surface area contributed by atoms with E-state index >= 15 is 0 Å². The minimum Gasteiger partial charge on any atom is -0.250 e. The summed E-state index contributed by atoms with van der Waals surface area (Å²) in [4.78, 5) is 3.36. The zero-order chi connectivity index (χ0) is 11.9. The monoisotopic (exact) mass is 237 g/mol. The van der Waals surface area contributed by atoms with Gasteiger partial charge in [-0.1, -0.05) is 32.4 Å². The lowest BCUT2D eigenvalue weighted by molar-refractivity contribution is -0.142. The summed E-state index contributed by atoms with van der Waals surface area (Å²) >= 11 is 5.64. The van der Waals surface area contributed by atoms with Gasteiger partial charge in [-0.05, 0) is 17.0 Å². The molecule has 84 valence electrons. The molecule has 0 N–H and O–H groups in total. The van der Waals surface area contributed by atoms with Gasteiger partial charge in [-0.2, -0.15) is 13.2 Å². The van der Waals surface area contributed by atoms with Gasteiger partial charge in [0, 0.05) is 6.20 Å². The van der Waals surface area contributed by atoms with Gasteiger partial charge in [0.2, 0.25) is 0 Å². The maximum atomic E-state index is 12.6. The molecule has 0 saturated heterocycles. The average molecular weight is 238 g/mol. The molecular weight excluding hydrogens is 227 g/mol. The normalized spacial score (nSPS) is 13.0. The standard InChI is InChI=1S/C10H11ClF3N/c1-9(2,3)7-4-6(11)5-15-8(7)10(12,13)14/h4-5H,1-3H3. The Morgan fingerprint density at radius 2 is 1.73 bits per heavy atom. The lowest BCUT2D eigenvalue weighted by Gasteiger charge is -2.23. The highest BCUT2D eigenvalue weighted by Gasteiger charge is 2.38. The van der Waals surface area contributed by atoms with Crippen LogP contribution < -0.4 is 0 Å². The Kier molecular flexibility index (Phi) is 3.01. The first-order valence-corrected chi connectivity index (χ1v) is 4.73. The number of halogens is 4. The highest BCUT2D eigenvalue weighted by Crippen LogP contribution is 2.36. The second-order valence-electron chi connectivity index (χ2n) is 4.30. The smallest absolute Gasteiger partial charge is 0.250 e. The van der Waals surface area contributed by atoms with Crippen molar-refractivity contribution in [2.45, 2.75) is 32.4 Å². The predicted molar refractivity (Wildman–Crippen MR) is 52.9 cm³/mol. The predicted octanol–water partition coefficient (Wildman–Crippen LogP) is 4.05. The van der Waals surface area contributed by atoms with Crippen LogP contribution in [0, 0.1) is 0 Å². The summed E-state index contributed by atoms with van der Waals surface area (Å²) in [5.41, 5.74) is -1.38. The summed E-state index contributed by atoms with van der Waals surface area (Å²) < 4.78 is 37.8. The zero-order valence-electron chi connectivity index (χ0n) is 8.61. The lowest BCUT2D eigenvalue weighted by Crippen LogP contribution is -2.21. The molecule has 0 aromatic carbocycles. The summed E-state index contributed by atoms with van der Waals surface area (Å²) in [6, 6.07) is 1.32. The SMILES string of the molecule is CC(C)(C)c1cc(Cl)cnc1C(F)(F)F. The summed E-state index contributed by atoms with van der Waals surface area (Å²) in [6.45, 7) is 5.07. The molecule has 0 unspecified atom stereocenters. The van der Waals surface area contributed by atoms with Gasteiger partial charge >= 0.3 is 6.18 Å². The van der Waals surface area contributed by atoms with Crippen LogP contribution in [0.1, 0.15) is 32.0 Å². The molecule has 0 atom stereocenters. The maximum Gasteiger partial charge on any atom is 0.433 e. The van der Waals surface area contributed by atoms with Crippen molar-refractivity contribution in [3.8, 4) is 0 Å². The molecule has 0 radical (unpaired) electrons. The fourth-order valence-corrected chi connectivity index (χ4v) is 1.39. The Morgan fingerprint density at radius 3 is 2.13 bits per heavy atom. The molecule has 0 aliphatic heterocycles. The first-order valence-electron chi connectivity index (χ1n) is 4.35. The van der Waals surface area contributed by atoms with Gasteiger partial charge in [0.25, 0.3) is 0 Å². The van der Waals surface area contributed by atoms with E-state index in [2.05, 4.69) is 4.98 Å². The van der Waals surface area contributed by atoms with Gasteiger partial charge in [0.15, 0.2) is 0 Å². The second-order valence-corrected chi connectivity index (χ2v) is 4.73. The largest absolute Gasteiger partial charge is 0.433 e. The van der Waals surface area contributed by atoms with Crippen LogP contribution in [0.3, 0.4) is 0 Å². The van der Waals surface area contributed by atoms with E-state index in [9.17, 15) is 13.2 Å². The molecule has 0 spiro atoms. The van der Waals surface area contributed by atoms with Gasteiger partial charge in [-0.25, -0.2) is 4.98 Å². The Morgan fingerprint density at radius 1 is 1.20 bits per heavy atom. The van der Waals surface area contributed by atoms with Crippen molar-refractivity contribution in [3.05, 3.63) is 28.5 Å². The number of nitrogens with zero attached hydrogens (tertiary/aromatic N) is 1. The molecule has 0 amide bonds. The second kappa shape index (κ2) is 3.67. The van der Waals surface area contributed by atoms with Crippen LogP contribution in [0.25, 0.3) is 0 Å². The first kappa shape index (κ1) is 12.3. The van der Waals surface area contributed by atoms with E-state index in [0.29, 0.717) is 0 Å². The summed E-state index contributed by atoms with van der Waals surface area (Å²) in [6.07, 6.45) is -3.42. The number of alkyl halides is 3. The van der Waals surface area contributed by atoms with Crippen molar-refractivity contribution in [3.63, 3.8) is 0 Å². The molecular formula is C10H11ClF3N. The molecule has 0 bridgehead atoms. The van der Waals surface area contributed by atoms with Crippen molar-refractivity contribution in [2.24, 2.45) is 0 Å². The van der Waals surface area contributed by atoms with Crippen LogP contribution >= 0.6 is 11.6 Å². The molecule has 1 heterocycles. The van der Waals surface area contributed by atoms with E-state index in [1.54, 1.807) is 20.8 Å². The number of aromatic nitrogens is 1. The highest BCUT2D eigenvalue weighted by molar-refractivity contribution is 6.30. The topological polar surface area (TPSA) is 12.9 Å². The van der Waals surface area contributed by atoms with Crippen LogP contribution in [0.15, 0.2) is 12.3 Å². The number of hydrogen-bond donors (Lipinski definition) is 0. The maximum absolute atomic E-state index is 12.6. The Balaban J connectivity index is 3.41. The number of hydrogen-bond acceptors (Lipinski definition) is 1. The summed E-state index contributed by atoms with van der Waals surface area (Å²) in [5.74, 6) is 0. The fourth-order valence-electron chi connectivity index (χ4n) is 1.24. The number of pyridine rings is 1. The molecule has 0 fully saturated rings. The van der Waals surface area contributed by atoms with Crippen LogP contribution in [-0.4, -0.2) is 4.98 Å². The van der Waals surface area contributed by atoms with Crippen molar-refractivity contribution < 1.29 is 13.2 Å². The van der Waals surface area contributed by atoms with E-state index in [1.807, 2.05) is 0 Å². The van der Waals surface area contributed by atoms with Crippen LogP contribution in [0.2, 0.25) is 5.02 Å². The van der Waals surface area contributed by atoms with E-state index in [1.165, 1.54) is 6.07 Å². The molecule has 1 nitrogen and oxygen atoms in total. The summed E-state index contributed by atoms with van der Waals surface area (Å²) in [5, 5.41) is 0.216. The molecule has 1 aromatic heterocycles. The minimum absolute atomic E-state index is 0.113. The van der Waals surface area contributed by atoms with E-state index in [4.69, 9.17) is 11.6 Å². The Bertz CT molecular complexity index is 366. The quantitative estimate of drug-likeness (QED) is 0.663. The molecule has 0 aliphatic rings. The summed E-state index contributed by atoms with van der Waals surface area (Å²) in [7, 11) is 0. The Labute approximate surface area is 91.3 Å². The highest BCUT2D eigenvalue weighted by atomic mass is 35.5. The molecule has 5 heteroatoms. The molecule has 0 aliphatic carbocycles. The van der Waals surface area contributed by atoms with E-state index in [-0.39, 0.29) is 10.6 Å². The Hall–Kier alpha value is -0.770. The minimum atomic E-state index is -4.44. The fraction of sp³-hybridized carbons (Fsp3) is 0.500. The van der Waals surface area contributed by atoms with Crippen LogP contribution in [-0.2, 0) is 11.6 Å². The van der Waals surface area contributed by atoms with Gasteiger partial charge in [0.05, 0.1) is 5.02 Å². The van der Waals surface area contributed by atoms with Crippen molar-refractivity contribution in [1.29, 1.82) is 0 Å². The van der Waals surface area contributed by atoms with Gasteiger partial charge < -0.3 is 0 Å². The van der Waals surface area contributed by atoms with Gasteiger partial charge in [-0.15, -0.1) is 0 Å². The molecule has 15 heavy (non-hydrogen) atoms. The molecule has 1 rings (SSSR count). The first-order chi connectivity index (χ1) is 6.62. The average Bonchev–Trinajstić information content (AvgIpc) is 2.00. The third kappa shape index (κ3) is 2.84. The third-order valence-electron chi connectivity index (χ3n) is 1.93. The van der Waals surface area contributed by atoms with Crippen LogP contribution in [0.5, 0.6) is 0 Å². The van der Waals surface area contributed by atoms with Crippen molar-refractivity contribution in [1.82, 2.24) is 4.98 Å². The lowest BCUT2D eigenvalue weighted by atomic mass is 9.85. The third-order valence-corrected chi connectivity index (χ3v) is 2.14. The zero-order valence-corrected chi connectivity index (χ0v) is 9.37. The van der Waals surface area contributed by atoms with Crippen LogP contribution in [0.4, 0.5) is 13.2 Å². The van der Waals surface area contributed by atoms with Gasteiger partial charge in [-0.3, -0.25) is 0 Å². The van der Waals surface area contributed by atoms with Gasteiger partial charge in [0.1, 0.15) is 5.69 Å². The van der Waals surface area contributed by atoms with Crippen molar-refractivity contribution in [2.75, 3.05) is 0 Å². The number of rotatable bonds is 0. The van der Waals surface area contributed by atoms with E-state index < -0.39 is 17.3 Å². The van der Waals surface area contributed by atoms with Crippen molar-refractivity contribution >= 4 is 11.6 Å². The van der Waals surface area contributed by atoms with E-state index in [0.717, 1.165) is 6.20 Å². The molecule has 0 saturated carbocycles.